The number of carbonyl (C=O) groups excluding carboxylic acids is 2. The summed E-state index contributed by atoms with van der Waals surface area (Å²) in [6.07, 6.45) is 19.4. The Morgan fingerprint density at radius 3 is 1.46 bits per heavy atom. The molecule has 0 radical (unpaired) electrons. The average molecular weight is 509 g/mol. The summed E-state index contributed by atoms with van der Waals surface area (Å²) >= 11 is 0. The maximum atomic E-state index is 12.7. The minimum Gasteiger partial charge on any atom is -0.508 e. The van der Waals surface area contributed by atoms with Crippen molar-refractivity contribution in [1.82, 2.24) is 10.6 Å². The van der Waals surface area contributed by atoms with Crippen LogP contribution in [-0.4, -0.2) is 46.2 Å². The van der Waals surface area contributed by atoms with E-state index in [-0.39, 0.29) is 17.6 Å². The van der Waals surface area contributed by atoms with Gasteiger partial charge in [-0.05, 0) is 42.1 Å². The van der Waals surface area contributed by atoms with E-state index in [0.29, 0.717) is 35.3 Å². The van der Waals surface area contributed by atoms with Crippen molar-refractivity contribution in [3.63, 3.8) is 0 Å². The number of nitrogens with one attached hydrogen (secondary N) is 2. The summed E-state index contributed by atoms with van der Waals surface area (Å²) in [4.78, 5) is 25.4. The summed E-state index contributed by atoms with van der Waals surface area (Å²) in [6.45, 7) is 10.7. The Labute approximate surface area is 212 Å². The summed E-state index contributed by atoms with van der Waals surface area (Å²) < 4.78 is 0. The van der Waals surface area contributed by atoms with Crippen molar-refractivity contribution in [1.29, 1.82) is 0 Å². The van der Waals surface area contributed by atoms with Gasteiger partial charge in [0.2, 0.25) is 0 Å². The molecule has 1 aromatic carbocycles. The number of benzene rings is 1. The average Bonchev–Trinajstić information content (AvgIpc) is 3.54. The molecule has 0 bridgehead atoms. The lowest BCUT2D eigenvalue weighted by molar-refractivity contribution is 0.0953. The Kier molecular flexibility index (Phi) is 9.13. The number of allylic oxidation sites excluding steroid dienone is 8. The predicted octanol–water partition coefficient (Wildman–Crippen LogP) is 6.04. The molecule has 35 heavy (non-hydrogen) atoms. The second-order valence-electron chi connectivity index (χ2n) is 11.1. The van der Waals surface area contributed by atoms with Gasteiger partial charge in [0, 0.05) is 24.2 Å². The highest BCUT2D eigenvalue weighted by Gasteiger charge is 2.29. The summed E-state index contributed by atoms with van der Waals surface area (Å²) in [5.74, 6) is -0.606. The topological polar surface area (TPSA) is 78.4 Å². The van der Waals surface area contributed by atoms with E-state index in [1.807, 2.05) is 0 Å². The van der Waals surface area contributed by atoms with Crippen LogP contribution in [0.3, 0.4) is 0 Å². The van der Waals surface area contributed by atoms with Crippen molar-refractivity contribution in [3.8, 4) is 5.75 Å². The van der Waals surface area contributed by atoms with Gasteiger partial charge in [0.05, 0.1) is 16.1 Å². The second kappa shape index (κ2) is 11.9. The molecule has 2 amide bonds. The van der Waals surface area contributed by atoms with Gasteiger partial charge in [0.15, 0.2) is 0 Å². The quantitative estimate of drug-likeness (QED) is 0.238. The van der Waals surface area contributed by atoms with Gasteiger partial charge in [-0.3, -0.25) is 9.59 Å². The number of phenolic OH excluding ortho intramolecular Hbond substituents is 1. The van der Waals surface area contributed by atoms with Crippen LogP contribution in [0, 0.1) is 0 Å². The lowest BCUT2D eigenvalue weighted by Crippen LogP contribution is -2.32. The highest BCUT2D eigenvalue weighted by Crippen LogP contribution is 2.33. The number of rotatable bonds is 12. The molecule has 3 N–H and O–H groups in total. The molecule has 5 nitrogen and oxygen atoms in total. The van der Waals surface area contributed by atoms with Gasteiger partial charge in [0.25, 0.3) is 11.8 Å². The van der Waals surface area contributed by atoms with Crippen LogP contribution in [0.25, 0.3) is 0 Å². The Bertz CT molecular complexity index is 938. The highest BCUT2D eigenvalue weighted by molar-refractivity contribution is 6.80. The molecule has 2 aliphatic rings. The minimum atomic E-state index is -1.41. The molecule has 7 heteroatoms. The summed E-state index contributed by atoms with van der Waals surface area (Å²) in [6, 6.07) is 6.62. The smallest absolute Gasteiger partial charge is 0.251 e. The van der Waals surface area contributed by atoms with Gasteiger partial charge >= 0.3 is 0 Å². The zero-order valence-electron chi connectivity index (χ0n) is 21.5. The van der Waals surface area contributed by atoms with Gasteiger partial charge < -0.3 is 15.7 Å². The van der Waals surface area contributed by atoms with Gasteiger partial charge in [-0.1, -0.05) is 86.9 Å². The van der Waals surface area contributed by atoms with Crippen molar-refractivity contribution >= 4 is 28.0 Å². The van der Waals surface area contributed by atoms with Crippen LogP contribution in [0.4, 0.5) is 0 Å². The molecule has 188 valence electrons. The fraction of sp³-hybridized carbons (Fsp3) is 0.429. The van der Waals surface area contributed by atoms with E-state index < -0.39 is 16.1 Å². The van der Waals surface area contributed by atoms with Crippen molar-refractivity contribution in [3.05, 3.63) is 77.9 Å². The maximum Gasteiger partial charge on any atom is 0.251 e. The number of amides is 2. The molecular formula is C28H40N2O3Si2. The van der Waals surface area contributed by atoms with Crippen LogP contribution in [0.2, 0.25) is 49.4 Å². The van der Waals surface area contributed by atoms with Crippen LogP contribution >= 0.6 is 0 Å². The standard InChI is InChI=1S/C28H40N2O3Si2/c1-34(2,25-11-5-6-12-25)17-9-15-29-27(32)22-19-23(21-24(31)20-22)28(33)30-16-10-18-35(3,4)26-13-7-8-14-26/h5-8,11-14,19-21,25-26,31H,9-10,15-18H2,1-4H3,(H,29,32)(H,30,33). The second-order valence-corrected chi connectivity index (χ2v) is 21.3. The van der Waals surface area contributed by atoms with E-state index >= 15 is 0 Å². The van der Waals surface area contributed by atoms with Crippen LogP contribution in [0.1, 0.15) is 33.6 Å². The van der Waals surface area contributed by atoms with Crippen LogP contribution in [0.15, 0.2) is 66.8 Å². The number of hydrogen-bond acceptors (Lipinski definition) is 3. The zero-order chi connectivity index (χ0) is 25.5. The molecule has 3 rings (SSSR count). The third kappa shape index (κ3) is 7.67. The van der Waals surface area contributed by atoms with E-state index in [1.165, 1.54) is 12.1 Å². The number of carbonyl (C=O) groups is 2. The predicted molar refractivity (Wildman–Crippen MR) is 151 cm³/mol. The fourth-order valence-electron chi connectivity index (χ4n) is 4.81. The molecule has 1 aromatic rings. The van der Waals surface area contributed by atoms with Gasteiger partial charge in [0.1, 0.15) is 5.75 Å². The molecule has 2 aliphatic carbocycles. The molecular weight excluding hydrogens is 468 g/mol. The first-order valence-electron chi connectivity index (χ1n) is 12.7. The summed E-state index contributed by atoms with van der Waals surface area (Å²) in [5, 5.41) is 16.0. The van der Waals surface area contributed by atoms with Gasteiger partial charge in [-0.15, -0.1) is 0 Å². The molecule has 0 aliphatic heterocycles. The van der Waals surface area contributed by atoms with Crippen molar-refractivity contribution in [2.75, 3.05) is 13.1 Å². The van der Waals surface area contributed by atoms with E-state index in [1.54, 1.807) is 6.07 Å². The third-order valence-corrected chi connectivity index (χ3v) is 15.0. The Hall–Kier alpha value is -2.65. The SMILES string of the molecule is C[Si](C)(CCCNC(=O)c1cc(O)cc(C(=O)NCCC[Si](C)(C)C2C=CC=C2)c1)C1C=CC=C1. The number of phenols is 1. The Morgan fingerprint density at radius 1 is 0.714 bits per heavy atom. The van der Waals surface area contributed by atoms with E-state index in [9.17, 15) is 14.7 Å². The van der Waals surface area contributed by atoms with Crippen LogP contribution in [0.5, 0.6) is 5.75 Å². The van der Waals surface area contributed by atoms with Gasteiger partial charge in [-0.25, -0.2) is 0 Å². The van der Waals surface area contributed by atoms with Crippen molar-refractivity contribution in [2.45, 2.75) is 62.2 Å². The first-order chi connectivity index (χ1) is 16.6. The Balaban J connectivity index is 1.45. The number of hydrogen-bond donors (Lipinski definition) is 3. The first kappa shape index (κ1) is 26.9. The minimum absolute atomic E-state index is 0.0792. The summed E-state index contributed by atoms with van der Waals surface area (Å²) in [5.41, 5.74) is 1.74. The fourth-order valence-corrected chi connectivity index (χ4v) is 10.2. The first-order valence-corrected chi connectivity index (χ1v) is 19.3. The number of aromatic hydroxyl groups is 1. The van der Waals surface area contributed by atoms with E-state index in [4.69, 9.17) is 0 Å². The molecule has 0 aromatic heterocycles. The molecule has 0 spiro atoms. The van der Waals surface area contributed by atoms with Crippen LogP contribution in [-0.2, 0) is 0 Å². The summed E-state index contributed by atoms with van der Waals surface area (Å²) in [7, 11) is -2.82. The van der Waals surface area contributed by atoms with Crippen LogP contribution < -0.4 is 10.6 Å². The lowest BCUT2D eigenvalue weighted by atomic mass is 10.1. The van der Waals surface area contributed by atoms with Crippen molar-refractivity contribution < 1.29 is 14.7 Å². The zero-order valence-corrected chi connectivity index (χ0v) is 23.5. The monoisotopic (exact) mass is 508 g/mol. The molecule has 0 heterocycles. The lowest BCUT2D eigenvalue weighted by Gasteiger charge is -2.27. The largest absolute Gasteiger partial charge is 0.508 e. The van der Waals surface area contributed by atoms with E-state index in [0.717, 1.165) is 24.9 Å². The molecule has 0 fully saturated rings. The van der Waals surface area contributed by atoms with Crippen molar-refractivity contribution in [2.24, 2.45) is 0 Å². The van der Waals surface area contributed by atoms with E-state index in [2.05, 4.69) is 85.4 Å². The van der Waals surface area contributed by atoms with Gasteiger partial charge in [-0.2, -0.15) is 0 Å². The third-order valence-electron chi connectivity index (χ3n) is 7.31. The molecule has 0 atom stereocenters. The maximum absolute atomic E-state index is 12.7. The molecule has 0 saturated heterocycles. The highest BCUT2D eigenvalue weighted by atomic mass is 28.3. The molecule has 0 unspecified atom stereocenters. The normalized spacial score (nSPS) is 15.8. The molecule has 0 saturated carbocycles. The Morgan fingerprint density at radius 2 is 1.09 bits per heavy atom.